The third kappa shape index (κ3) is 2.09. The van der Waals surface area contributed by atoms with Crippen molar-refractivity contribution in [1.82, 2.24) is 0 Å². The molecule has 0 aliphatic carbocycles. The van der Waals surface area contributed by atoms with Gasteiger partial charge in [0.2, 0.25) is 0 Å². The fourth-order valence-electron chi connectivity index (χ4n) is 2.28. The molecule has 1 heterocycles. The highest BCUT2D eigenvalue weighted by molar-refractivity contribution is 5.53. The summed E-state index contributed by atoms with van der Waals surface area (Å²) in [6.45, 7) is 4.99. The highest BCUT2D eigenvalue weighted by Crippen LogP contribution is 2.32. The molecule has 1 aromatic carbocycles. The molecule has 2 atom stereocenters. The number of hydrogen-bond acceptors (Lipinski definition) is 3. The van der Waals surface area contributed by atoms with E-state index in [0.29, 0.717) is 11.6 Å². The van der Waals surface area contributed by atoms with Crippen LogP contribution in [-0.4, -0.2) is 17.5 Å². The molecule has 17 heavy (non-hydrogen) atoms. The predicted octanol–water partition coefficient (Wildman–Crippen LogP) is 2.97. The van der Waals surface area contributed by atoms with Gasteiger partial charge in [-0.3, -0.25) is 10.1 Å². The minimum Gasteiger partial charge on any atom is -0.366 e. The van der Waals surface area contributed by atoms with E-state index >= 15 is 0 Å². The Morgan fingerprint density at radius 1 is 1.47 bits per heavy atom. The van der Waals surface area contributed by atoms with Crippen molar-refractivity contribution in [1.29, 1.82) is 0 Å². The van der Waals surface area contributed by atoms with Gasteiger partial charge in [-0.05, 0) is 25.3 Å². The SMILES string of the molecule is CC1CCN(c2ccc([N+](=O)[O-])cc2F)C1C. The number of rotatable bonds is 2. The van der Waals surface area contributed by atoms with Gasteiger partial charge in [0.1, 0.15) is 0 Å². The molecule has 92 valence electrons. The van der Waals surface area contributed by atoms with E-state index < -0.39 is 10.7 Å². The average Bonchev–Trinajstić information content (AvgIpc) is 2.60. The first-order chi connectivity index (χ1) is 8.00. The topological polar surface area (TPSA) is 46.4 Å². The zero-order chi connectivity index (χ0) is 12.6. The molecule has 1 fully saturated rings. The van der Waals surface area contributed by atoms with Crippen molar-refractivity contribution in [2.75, 3.05) is 11.4 Å². The molecule has 2 unspecified atom stereocenters. The van der Waals surface area contributed by atoms with E-state index in [1.54, 1.807) is 0 Å². The summed E-state index contributed by atoms with van der Waals surface area (Å²) in [6.07, 6.45) is 1.03. The predicted molar refractivity (Wildman–Crippen MR) is 63.6 cm³/mol. The van der Waals surface area contributed by atoms with Crippen LogP contribution in [0.4, 0.5) is 15.8 Å². The highest BCUT2D eigenvalue weighted by Gasteiger charge is 2.29. The lowest BCUT2D eigenvalue weighted by atomic mass is 10.1. The molecule has 5 heteroatoms. The molecule has 1 aromatic rings. The number of benzene rings is 1. The Labute approximate surface area is 99.2 Å². The summed E-state index contributed by atoms with van der Waals surface area (Å²) < 4.78 is 13.8. The smallest absolute Gasteiger partial charge is 0.272 e. The maximum absolute atomic E-state index is 13.8. The lowest BCUT2D eigenvalue weighted by Gasteiger charge is -2.25. The number of nitro groups is 1. The van der Waals surface area contributed by atoms with Crippen molar-refractivity contribution in [2.45, 2.75) is 26.3 Å². The summed E-state index contributed by atoms with van der Waals surface area (Å²) in [6, 6.07) is 4.12. The molecule has 2 rings (SSSR count). The second-order valence-corrected chi connectivity index (χ2v) is 4.59. The van der Waals surface area contributed by atoms with Crippen molar-refractivity contribution in [2.24, 2.45) is 5.92 Å². The number of nitrogens with zero attached hydrogens (tertiary/aromatic N) is 2. The summed E-state index contributed by atoms with van der Waals surface area (Å²) in [5, 5.41) is 10.5. The lowest BCUT2D eigenvalue weighted by Crippen LogP contribution is -2.29. The van der Waals surface area contributed by atoms with Crippen molar-refractivity contribution in [3.8, 4) is 0 Å². The Hall–Kier alpha value is -1.65. The van der Waals surface area contributed by atoms with Crippen LogP contribution in [0.1, 0.15) is 20.3 Å². The number of non-ortho nitro benzene ring substituents is 1. The van der Waals surface area contributed by atoms with E-state index in [9.17, 15) is 14.5 Å². The van der Waals surface area contributed by atoms with Gasteiger partial charge in [0.15, 0.2) is 5.82 Å². The molecule has 0 N–H and O–H groups in total. The van der Waals surface area contributed by atoms with Crippen LogP contribution in [0.3, 0.4) is 0 Å². The first-order valence-corrected chi connectivity index (χ1v) is 5.71. The first kappa shape index (κ1) is 11.8. The second-order valence-electron chi connectivity index (χ2n) is 4.59. The molecular weight excluding hydrogens is 223 g/mol. The Morgan fingerprint density at radius 2 is 2.18 bits per heavy atom. The van der Waals surface area contributed by atoms with Gasteiger partial charge in [0.25, 0.3) is 5.69 Å². The largest absolute Gasteiger partial charge is 0.366 e. The Morgan fingerprint density at radius 3 is 2.65 bits per heavy atom. The van der Waals surface area contributed by atoms with Crippen LogP contribution in [0.2, 0.25) is 0 Å². The Kier molecular flexibility index (Phi) is 3.00. The van der Waals surface area contributed by atoms with Crippen LogP contribution in [0.15, 0.2) is 18.2 Å². The van der Waals surface area contributed by atoms with Gasteiger partial charge in [-0.1, -0.05) is 6.92 Å². The fraction of sp³-hybridized carbons (Fsp3) is 0.500. The van der Waals surface area contributed by atoms with Crippen LogP contribution in [0.25, 0.3) is 0 Å². The molecule has 0 aromatic heterocycles. The van der Waals surface area contributed by atoms with Crippen LogP contribution in [0, 0.1) is 21.8 Å². The van der Waals surface area contributed by atoms with Gasteiger partial charge in [-0.25, -0.2) is 4.39 Å². The lowest BCUT2D eigenvalue weighted by molar-refractivity contribution is -0.385. The summed E-state index contributed by atoms with van der Waals surface area (Å²) >= 11 is 0. The molecule has 1 aliphatic heterocycles. The van der Waals surface area contributed by atoms with Crippen LogP contribution < -0.4 is 4.90 Å². The summed E-state index contributed by atoms with van der Waals surface area (Å²) in [5.74, 6) is 0.00439. The van der Waals surface area contributed by atoms with Crippen molar-refractivity contribution in [3.05, 3.63) is 34.1 Å². The van der Waals surface area contributed by atoms with Crippen LogP contribution in [-0.2, 0) is 0 Å². The standard InChI is InChI=1S/C12H15FN2O2/c1-8-5-6-14(9(8)2)12-4-3-10(15(16)17)7-11(12)13/h3-4,7-9H,5-6H2,1-2H3. The minimum absolute atomic E-state index is 0.203. The Bertz CT molecular complexity index is 450. The number of hydrogen-bond donors (Lipinski definition) is 0. The fourth-order valence-corrected chi connectivity index (χ4v) is 2.28. The summed E-state index contributed by atoms with van der Waals surface area (Å²) in [7, 11) is 0. The molecule has 0 amide bonds. The maximum atomic E-state index is 13.8. The van der Waals surface area contributed by atoms with E-state index in [4.69, 9.17) is 0 Å². The van der Waals surface area contributed by atoms with Gasteiger partial charge in [0, 0.05) is 18.7 Å². The summed E-state index contributed by atoms with van der Waals surface area (Å²) in [4.78, 5) is 11.9. The van der Waals surface area contributed by atoms with Crippen molar-refractivity contribution < 1.29 is 9.31 Å². The van der Waals surface area contributed by atoms with E-state index in [1.165, 1.54) is 12.1 Å². The number of halogens is 1. The van der Waals surface area contributed by atoms with E-state index in [-0.39, 0.29) is 11.7 Å². The molecule has 1 aliphatic rings. The van der Waals surface area contributed by atoms with E-state index in [2.05, 4.69) is 13.8 Å². The van der Waals surface area contributed by atoms with Crippen LogP contribution in [0.5, 0.6) is 0 Å². The third-order valence-corrected chi connectivity index (χ3v) is 3.59. The zero-order valence-electron chi connectivity index (χ0n) is 9.89. The monoisotopic (exact) mass is 238 g/mol. The van der Waals surface area contributed by atoms with E-state index in [0.717, 1.165) is 19.0 Å². The molecule has 1 saturated heterocycles. The molecule has 0 bridgehead atoms. The summed E-state index contributed by atoms with van der Waals surface area (Å²) in [5.41, 5.74) is 0.263. The second kappa shape index (κ2) is 4.31. The number of anilines is 1. The Balaban J connectivity index is 2.31. The van der Waals surface area contributed by atoms with Crippen molar-refractivity contribution >= 4 is 11.4 Å². The van der Waals surface area contributed by atoms with Crippen LogP contribution >= 0.6 is 0 Å². The zero-order valence-corrected chi connectivity index (χ0v) is 9.89. The first-order valence-electron chi connectivity index (χ1n) is 5.71. The molecule has 0 saturated carbocycles. The van der Waals surface area contributed by atoms with Gasteiger partial charge in [-0.2, -0.15) is 0 Å². The average molecular weight is 238 g/mol. The minimum atomic E-state index is -0.580. The van der Waals surface area contributed by atoms with E-state index in [1.807, 2.05) is 4.90 Å². The molecule has 0 spiro atoms. The molecular formula is C12H15FN2O2. The van der Waals surface area contributed by atoms with Gasteiger partial charge >= 0.3 is 0 Å². The van der Waals surface area contributed by atoms with Crippen molar-refractivity contribution in [3.63, 3.8) is 0 Å². The maximum Gasteiger partial charge on any atom is 0.272 e. The normalized spacial score (nSPS) is 24.1. The number of nitro benzene ring substituents is 1. The third-order valence-electron chi connectivity index (χ3n) is 3.59. The molecule has 0 radical (unpaired) electrons. The highest BCUT2D eigenvalue weighted by atomic mass is 19.1. The molecule has 4 nitrogen and oxygen atoms in total. The van der Waals surface area contributed by atoms with Gasteiger partial charge in [-0.15, -0.1) is 0 Å². The van der Waals surface area contributed by atoms with Gasteiger partial charge in [0.05, 0.1) is 16.7 Å². The van der Waals surface area contributed by atoms with Gasteiger partial charge < -0.3 is 4.90 Å². The quantitative estimate of drug-likeness (QED) is 0.587.